The fraction of sp³-hybridized carbons (Fsp3) is 0.190. The third-order valence-electron chi connectivity index (χ3n) is 4.40. The van der Waals surface area contributed by atoms with Gasteiger partial charge in [0.2, 0.25) is 0 Å². The van der Waals surface area contributed by atoms with E-state index in [2.05, 4.69) is 15.1 Å². The number of hydrogen-bond donors (Lipinski definition) is 1. The van der Waals surface area contributed by atoms with Gasteiger partial charge in [0.05, 0.1) is 23.9 Å². The number of aromatic nitrogens is 4. The summed E-state index contributed by atoms with van der Waals surface area (Å²) in [5, 5.41) is 15.3. The molecule has 0 spiro atoms. The average Bonchev–Trinajstić information content (AvgIpc) is 3.10. The molecule has 0 aliphatic heterocycles. The van der Waals surface area contributed by atoms with Crippen LogP contribution in [-0.4, -0.2) is 31.5 Å². The molecule has 0 aliphatic rings. The van der Waals surface area contributed by atoms with E-state index >= 15 is 0 Å². The second-order valence-corrected chi connectivity index (χ2v) is 6.34. The number of nitrogens with zero attached hydrogens (tertiary/aromatic N) is 4. The predicted octanol–water partition coefficient (Wildman–Crippen LogP) is 4.07. The first kappa shape index (κ1) is 18.1. The number of para-hydroxylation sites is 1. The Hall–Kier alpha value is -3.32. The summed E-state index contributed by atoms with van der Waals surface area (Å²) in [6.07, 6.45) is 2.38. The molecule has 2 aromatic carbocycles. The average molecular weight is 378 g/mol. The molecule has 1 N–H and O–H groups in total. The molecular weight excluding hydrogens is 359 g/mol. The maximum atomic E-state index is 14.3. The molecule has 2 aromatic heterocycles. The quantitative estimate of drug-likeness (QED) is 0.567. The molecule has 0 radical (unpaired) electrons. The van der Waals surface area contributed by atoms with E-state index in [4.69, 9.17) is 4.74 Å². The number of rotatable bonds is 5. The number of halogens is 1. The van der Waals surface area contributed by atoms with Crippen LogP contribution in [-0.2, 0) is 0 Å². The standard InChI is InChI=1S/C21H19FN4O2/c1-3-28-15-8-9-18(22)17(10-15)14-11-23-21(24-12-14)26-19-7-5-4-6-16(19)20(25-26)13(2)27/h4-13,27H,3H2,1-2H3. The third-order valence-corrected chi connectivity index (χ3v) is 4.40. The zero-order valence-corrected chi connectivity index (χ0v) is 15.5. The summed E-state index contributed by atoms with van der Waals surface area (Å²) in [5.41, 5.74) is 2.25. The SMILES string of the molecule is CCOc1ccc(F)c(-c2cnc(-n3nc(C(C)O)c4ccccc43)nc2)c1. The summed E-state index contributed by atoms with van der Waals surface area (Å²) >= 11 is 0. The van der Waals surface area contributed by atoms with Crippen molar-refractivity contribution in [3.8, 4) is 22.8 Å². The van der Waals surface area contributed by atoms with Gasteiger partial charge in [-0.2, -0.15) is 9.78 Å². The summed E-state index contributed by atoms with van der Waals surface area (Å²) in [6.45, 7) is 4.03. The molecule has 0 saturated carbocycles. The second kappa shape index (κ2) is 7.36. The van der Waals surface area contributed by atoms with E-state index in [1.165, 1.54) is 6.07 Å². The number of aliphatic hydroxyl groups is 1. The molecule has 7 heteroatoms. The minimum atomic E-state index is -0.721. The van der Waals surface area contributed by atoms with Crippen LogP contribution < -0.4 is 4.74 Å². The van der Waals surface area contributed by atoms with Gasteiger partial charge in [0.1, 0.15) is 11.6 Å². The zero-order chi connectivity index (χ0) is 19.7. The molecular formula is C21H19FN4O2. The number of fused-ring (bicyclic) bond motifs is 1. The summed E-state index contributed by atoms with van der Waals surface area (Å²) in [7, 11) is 0. The van der Waals surface area contributed by atoms with E-state index in [1.54, 1.807) is 36.1 Å². The molecule has 0 aliphatic carbocycles. The molecule has 0 saturated heterocycles. The highest BCUT2D eigenvalue weighted by Crippen LogP contribution is 2.28. The van der Waals surface area contributed by atoms with Gasteiger partial charge in [-0.05, 0) is 38.1 Å². The molecule has 4 rings (SSSR count). The first-order valence-corrected chi connectivity index (χ1v) is 8.99. The summed E-state index contributed by atoms with van der Waals surface area (Å²) < 4.78 is 21.3. The molecule has 2 heterocycles. The van der Waals surface area contributed by atoms with Gasteiger partial charge >= 0.3 is 0 Å². The highest BCUT2D eigenvalue weighted by molar-refractivity contribution is 5.83. The molecule has 0 fully saturated rings. The fourth-order valence-electron chi connectivity index (χ4n) is 3.10. The van der Waals surface area contributed by atoms with Gasteiger partial charge in [-0.25, -0.2) is 14.4 Å². The largest absolute Gasteiger partial charge is 0.494 e. The van der Waals surface area contributed by atoms with Crippen LogP contribution in [0.2, 0.25) is 0 Å². The number of hydrogen-bond acceptors (Lipinski definition) is 5. The lowest BCUT2D eigenvalue weighted by atomic mass is 10.1. The molecule has 0 amide bonds. The summed E-state index contributed by atoms with van der Waals surface area (Å²) in [6, 6.07) is 12.1. The van der Waals surface area contributed by atoms with Crippen LogP contribution in [0.15, 0.2) is 54.9 Å². The minimum absolute atomic E-state index is 0.341. The van der Waals surface area contributed by atoms with E-state index in [1.807, 2.05) is 31.2 Å². The van der Waals surface area contributed by atoms with Gasteiger partial charge in [0.25, 0.3) is 5.95 Å². The molecule has 28 heavy (non-hydrogen) atoms. The molecule has 0 bridgehead atoms. The highest BCUT2D eigenvalue weighted by atomic mass is 19.1. The molecule has 1 unspecified atom stereocenters. The smallest absolute Gasteiger partial charge is 0.251 e. The van der Waals surface area contributed by atoms with Gasteiger partial charge in [-0.3, -0.25) is 0 Å². The van der Waals surface area contributed by atoms with E-state index in [0.717, 1.165) is 10.9 Å². The Balaban J connectivity index is 1.76. The number of benzene rings is 2. The van der Waals surface area contributed by atoms with Crippen molar-refractivity contribution in [2.24, 2.45) is 0 Å². The van der Waals surface area contributed by atoms with Crippen molar-refractivity contribution in [3.63, 3.8) is 0 Å². The lowest BCUT2D eigenvalue weighted by Crippen LogP contribution is -2.04. The summed E-state index contributed by atoms with van der Waals surface area (Å²) in [4.78, 5) is 8.73. The van der Waals surface area contributed by atoms with Crippen molar-refractivity contribution in [1.82, 2.24) is 19.7 Å². The van der Waals surface area contributed by atoms with Crippen LogP contribution in [0, 0.1) is 5.82 Å². The van der Waals surface area contributed by atoms with E-state index < -0.39 is 6.10 Å². The zero-order valence-electron chi connectivity index (χ0n) is 15.5. The highest BCUT2D eigenvalue weighted by Gasteiger charge is 2.17. The van der Waals surface area contributed by atoms with Crippen molar-refractivity contribution in [3.05, 3.63) is 66.4 Å². The van der Waals surface area contributed by atoms with E-state index in [0.29, 0.717) is 35.1 Å². The van der Waals surface area contributed by atoms with Crippen LogP contribution >= 0.6 is 0 Å². The molecule has 4 aromatic rings. The molecule has 6 nitrogen and oxygen atoms in total. The first-order valence-electron chi connectivity index (χ1n) is 8.99. The normalized spacial score (nSPS) is 12.3. The Morgan fingerprint density at radius 2 is 1.89 bits per heavy atom. The van der Waals surface area contributed by atoms with Gasteiger partial charge < -0.3 is 9.84 Å². The maximum Gasteiger partial charge on any atom is 0.251 e. The second-order valence-electron chi connectivity index (χ2n) is 6.34. The van der Waals surface area contributed by atoms with Crippen molar-refractivity contribution in [2.45, 2.75) is 20.0 Å². The fourth-order valence-corrected chi connectivity index (χ4v) is 3.10. The van der Waals surface area contributed by atoms with Crippen LogP contribution in [0.1, 0.15) is 25.6 Å². The van der Waals surface area contributed by atoms with Gasteiger partial charge in [-0.1, -0.05) is 18.2 Å². The van der Waals surface area contributed by atoms with Crippen LogP contribution in [0.25, 0.3) is 28.0 Å². The van der Waals surface area contributed by atoms with Crippen LogP contribution in [0.4, 0.5) is 4.39 Å². The molecule has 1 atom stereocenters. The first-order chi connectivity index (χ1) is 13.6. The Labute approximate surface area is 161 Å². The van der Waals surface area contributed by atoms with Gasteiger partial charge in [0, 0.05) is 28.9 Å². The van der Waals surface area contributed by atoms with Crippen molar-refractivity contribution in [2.75, 3.05) is 6.61 Å². The number of ether oxygens (including phenoxy) is 1. The Kier molecular flexibility index (Phi) is 4.75. The van der Waals surface area contributed by atoms with E-state index in [-0.39, 0.29) is 5.82 Å². The van der Waals surface area contributed by atoms with E-state index in [9.17, 15) is 9.50 Å². The lowest BCUT2D eigenvalue weighted by Gasteiger charge is -2.08. The van der Waals surface area contributed by atoms with Gasteiger partial charge in [0.15, 0.2) is 0 Å². The monoisotopic (exact) mass is 378 g/mol. The van der Waals surface area contributed by atoms with Gasteiger partial charge in [-0.15, -0.1) is 0 Å². The minimum Gasteiger partial charge on any atom is -0.494 e. The molecule has 142 valence electrons. The third kappa shape index (κ3) is 3.20. The van der Waals surface area contributed by atoms with Crippen molar-refractivity contribution in [1.29, 1.82) is 0 Å². The Morgan fingerprint density at radius 3 is 2.61 bits per heavy atom. The topological polar surface area (TPSA) is 73.1 Å². The summed E-state index contributed by atoms with van der Waals surface area (Å²) in [5.74, 6) is 0.552. The van der Waals surface area contributed by atoms with Crippen molar-refractivity contribution < 1.29 is 14.2 Å². The van der Waals surface area contributed by atoms with Crippen LogP contribution in [0.3, 0.4) is 0 Å². The maximum absolute atomic E-state index is 14.3. The lowest BCUT2D eigenvalue weighted by molar-refractivity contribution is 0.195. The Bertz CT molecular complexity index is 1120. The van der Waals surface area contributed by atoms with Crippen LogP contribution in [0.5, 0.6) is 5.75 Å². The Morgan fingerprint density at radius 1 is 1.14 bits per heavy atom. The predicted molar refractivity (Wildman–Crippen MR) is 104 cm³/mol. The van der Waals surface area contributed by atoms with Crippen molar-refractivity contribution >= 4 is 10.9 Å². The number of aliphatic hydroxyl groups excluding tert-OH is 1.